The predicted octanol–water partition coefficient (Wildman–Crippen LogP) is 4.75. The van der Waals surface area contributed by atoms with Gasteiger partial charge in [0.15, 0.2) is 0 Å². The van der Waals surface area contributed by atoms with Gasteiger partial charge in [0, 0.05) is 25.1 Å². The van der Waals surface area contributed by atoms with Crippen molar-refractivity contribution in [1.82, 2.24) is 4.90 Å². The molecule has 0 spiro atoms. The maximum absolute atomic E-state index is 13.3. The Morgan fingerprint density at radius 3 is 2.58 bits per heavy atom. The Kier molecular flexibility index (Phi) is 4.70. The fraction of sp³-hybridized carbons (Fsp3) is 0.238. The molecule has 0 saturated heterocycles. The highest BCUT2D eigenvalue weighted by Gasteiger charge is 2.20. The third kappa shape index (κ3) is 3.67. The smallest absolute Gasteiger partial charge is 0.123 e. The van der Waals surface area contributed by atoms with Crippen LogP contribution in [0.25, 0.3) is 0 Å². The second kappa shape index (κ2) is 6.91. The standard InChI is InChI=1S/C21H22FNO/c1-15-3-8-21(24)20(13-15)19(17-4-6-18(22)7-5-17)14-16-9-11-23(2)12-10-16/h3-11,13,19,24H,12,14H2,1-2H3. The fourth-order valence-corrected chi connectivity index (χ4v) is 3.06. The molecule has 3 heteroatoms. The van der Waals surface area contributed by atoms with E-state index in [-0.39, 0.29) is 17.5 Å². The molecule has 0 aliphatic carbocycles. The van der Waals surface area contributed by atoms with E-state index in [1.54, 1.807) is 18.2 Å². The molecular weight excluding hydrogens is 301 g/mol. The van der Waals surface area contributed by atoms with Crippen molar-refractivity contribution >= 4 is 0 Å². The summed E-state index contributed by atoms with van der Waals surface area (Å²) in [6.45, 7) is 2.89. The van der Waals surface area contributed by atoms with Crippen molar-refractivity contribution in [2.75, 3.05) is 13.6 Å². The first-order chi connectivity index (χ1) is 11.5. The maximum atomic E-state index is 13.3. The molecule has 24 heavy (non-hydrogen) atoms. The van der Waals surface area contributed by atoms with E-state index in [9.17, 15) is 9.50 Å². The number of allylic oxidation sites excluding steroid dienone is 2. The van der Waals surface area contributed by atoms with Gasteiger partial charge in [-0.3, -0.25) is 0 Å². The number of hydrogen-bond acceptors (Lipinski definition) is 2. The summed E-state index contributed by atoms with van der Waals surface area (Å²) in [4.78, 5) is 2.11. The lowest BCUT2D eigenvalue weighted by atomic mass is 9.84. The molecule has 1 unspecified atom stereocenters. The summed E-state index contributed by atoms with van der Waals surface area (Å²) in [6, 6.07) is 12.2. The summed E-state index contributed by atoms with van der Waals surface area (Å²) in [5.74, 6) is 0.0293. The average Bonchev–Trinajstić information content (AvgIpc) is 2.58. The molecule has 3 rings (SSSR count). The van der Waals surface area contributed by atoms with Crippen molar-refractivity contribution in [3.8, 4) is 5.75 Å². The van der Waals surface area contributed by atoms with Gasteiger partial charge in [-0.25, -0.2) is 4.39 Å². The van der Waals surface area contributed by atoms with E-state index in [4.69, 9.17) is 0 Å². The van der Waals surface area contributed by atoms with E-state index in [1.807, 2.05) is 26.1 Å². The molecule has 1 heterocycles. The Bertz CT molecular complexity index is 777. The van der Waals surface area contributed by atoms with Gasteiger partial charge < -0.3 is 10.0 Å². The Morgan fingerprint density at radius 1 is 1.17 bits per heavy atom. The van der Waals surface area contributed by atoms with Gasteiger partial charge in [0.1, 0.15) is 11.6 Å². The van der Waals surface area contributed by atoms with Crippen molar-refractivity contribution in [2.24, 2.45) is 0 Å². The number of benzene rings is 2. The van der Waals surface area contributed by atoms with Gasteiger partial charge in [-0.2, -0.15) is 0 Å². The number of phenolic OH excluding ortho intramolecular Hbond substituents is 1. The van der Waals surface area contributed by atoms with E-state index >= 15 is 0 Å². The lowest BCUT2D eigenvalue weighted by Crippen LogP contribution is -2.14. The summed E-state index contributed by atoms with van der Waals surface area (Å²) in [5, 5.41) is 10.4. The van der Waals surface area contributed by atoms with E-state index in [0.29, 0.717) is 0 Å². The van der Waals surface area contributed by atoms with Gasteiger partial charge in [-0.15, -0.1) is 0 Å². The summed E-state index contributed by atoms with van der Waals surface area (Å²) in [7, 11) is 2.04. The average molecular weight is 323 g/mol. The third-order valence-electron chi connectivity index (χ3n) is 4.46. The number of likely N-dealkylation sites (N-methyl/N-ethyl adjacent to an activating group) is 1. The van der Waals surface area contributed by atoms with Gasteiger partial charge in [-0.05, 0) is 55.0 Å². The first-order valence-electron chi connectivity index (χ1n) is 8.15. The van der Waals surface area contributed by atoms with E-state index in [1.165, 1.54) is 17.7 Å². The van der Waals surface area contributed by atoms with Crippen LogP contribution in [0.15, 0.2) is 66.4 Å². The first kappa shape index (κ1) is 16.3. The van der Waals surface area contributed by atoms with E-state index < -0.39 is 0 Å². The van der Waals surface area contributed by atoms with Gasteiger partial charge in [0.2, 0.25) is 0 Å². The van der Waals surface area contributed by atoms with Crippen LogP contribution in [0.3, 0.4) is 0 Å². The first-order valence-corrected chi connectivity index (χ1v) is 8.15. The van der Waals surface area contributed by atoms with Gasteiger partial charge in [0.25, 0.3) is 0 Å². The molecular formula is C21H22FNO. The largest absolute Gasteiger partial charge is 0.508 e. The molecule has 0 aromatic heterocycles. The Morgan fingerprint density at radius 2 is 1.92 bits per heavy atom. The molecule has 0 saturated carbocycles. The number of nitrogens with zero attached hydrogens (tertiary/aromatic N) is 1. The monoisotopic (exact) mass is 323 g/mol. The lowest BCUT2D eigenvalue weighted by molar-refractivity contribution is 0.463. The summed E-state index contributed by atoms with van der Waals surface area (Å²) >= 11 is 0. The quantitative estimate of drug-likeness (QED) is 0.878. The minimum atomic E-state index is -0.246. The van der Waals surface area contributed by atoms with Crippen LogP contribution in [0, 0.1) is 12.7 Å². The fourth-order valence-electron chi connectivity index (χ4n) is 3.06. The second-order valence-electron chi connectivity index (χ2n) is 6.40. The van der Waals surface area contributed by atoms with Crippen molar-refractivity contribution in [3.63, 3.8) is 0 Å². The Labute approximate surface area is 142 Å². The predicted molar refractivity (Wildman–Crippen MR) is 95.6 cm³/mol. The number of rotatable bonds is 4. The molecule has 0 bridgehead atoms. The van der Waals surface area contributed by atoms with Gasteiger partial charge in [0.05, 0.1) is 0 Å². The van der Waals surface area contributed by atoms with Crippen LogP contribution in [0.2, 0.25) is 0 Å². The molecule has 0 fully saturated rings. The van der Waals surface area contributed by atoms with Crippen LogP contribution in [0.4, 0.5) is 4.39 Å². The van der Waals surface area contributed by atoms with Crippen LogP contribution < -0.4 is 0 Å². The Hall–Kier alpha value is -2.55. The molecule has 2 aromatic rings. The number of hydrogen-bond donors (Lipinski definition) is 1. The molecule has 124 valence electrons. The van der Waals surface area contributed by atoms with Crippen LogP contribution in [-0.2, 0) is 0 Å². The SMILES string of the molecule is Cc1ccc(O)c(C(CC2=CCN(C)C=C2)c2ccc(F)cc2)c1. The maximum Gasteiger partial charge on any atom is 0.123 e. The second-order valence-corrected chi connectivity index (χ2v) is 6.40. The van der Waals surface area contributed by atoms with E-state index in [2.05, 4.69) is 23.3 Å². The topological polar surface area (TPSA) is 23.5 Å². The molecule has 1 aliphatic heterocycles. The highest BCUT2D eigenvalue weighted by Crippen LogP contribution is 2.37. The minimum absolute atomic E-state index is 0.00944. The minimum Gasteiger partial charge on any atom is -0.508 e. The van der Waals surface area contributed by atoms with Crippen LogP contribution in [-0.4, -0.2) is 23.6 Å². The summed E-state index contributed by atoms with van der Waals surface area (Å²) < 4.78 is 13.3. The normalized spacial score (nSPS) is 15.3. The number of halogens is 1. The van der Waals surface area contributed by atoms with Crippen molar-refractivity contribution < 1.29 is 9.50 Å². The number of aromatic hydroxyl groups is 1. The van der Waals surface area contributed by atoms with Crippen LogP contribution >= 0.6 is 0 Å². The highest BCUT2D eigenvalue weighted by atomic mass is 19.1. The number of phenols is 1. The van der Waals surface area contributed by atoms with Gasteiger partial charge in [-0.1, -0.05) is 35.9 Å². The lowest BCUT2D eigenvalue weighted by Gasteiger charge is -2.23. The molecule has 0 amide bonds. The number of aryl methyl sites for hydroxylation is 1. The van der Waals surface area contributed by atoms with Crippen molar-refractivity contribution in [3.05, 3.63) is 88.9 Å². The molecule has 2 nitrogen and oxygen atoms in total. The van der Waals surface area contributed by atoms with Crippen LogP contribution in [0.1, 0.15) is 29.0 Å². The molecule has 1 aliphatic rings. The zero-order valence-electron chi connectivity index (χ0n) is 14.0. The highest BCUT2D eigenvalue weighted by molar-refractivity contribution is 5.45. The van der Waals surface area contributed by atoms with Crippen LogP contribution in [0.5, 0.6) is 5.75 Å². The summed E-state index contributed by atoms with van der Waals surface area (Å²) in [5.41, 5.74) is 4.21. The zero-order chi connectivity index (χ0) is 17.1. The summed E-state index contributed by atoms with van der Waals surface area (Å²) in [6.07, 6.45) is 7.14. The molecule has 1 N–H and O–H groups in total. The van der Waals surface area contributed by atoms with E-state index in [0.717, 1.165) is 29.7 Å². The third-order valence-corrected chi connectivity index (χ3v) is 4.46. The van der Waals surface area contributed by atoms with Gasteiger partial charge >= 0.3 is 0 Å². The van der Waals surface area contributed by atoms with Crippen molar-refractivity contribution in [1.29, 1.82) is 0 Å². The zero-order valence-corrected chi connectivity index (χ0v) is 14.0. The molecule has 0 radical (unpaired) electrons. The van der Waals surface area contributed by atoms with Crippen molar-refractivity contribution in [2.45, 2.75) is 19.3 Å². The Balaban J connectivity index is 1.99. The molecule has 2 aromatic carbocycles. The molecule has 1 atom stereocenters.